The lowest BCUT2D eigenvalue weighted by Gasteiger charge is -2.32. The Labute approximate surface area is 191 Å². The Balaban J connectivity index is 1.71. The van der Waals surface area contributed by atoms with E-state index < -0.39 is 0 Å². The van der Waals surface area contributed by atoms with E-state index in [1.807, 2.05) is 37.3 Å². The minimum atomic E-state index is -0.203. The first kappa shape index (κ1) is 20.7. The van der Waals surface area contributed by atoms with Gasteiger partial charge in [-0.25, -0.2) is 5.01 Å². The Morgan fingerprint density at radius 3 is 2.28 bits per heavy atom. The molecule has 32 heavy (non-hydrogen) atoms. The lowest BCUT2D eigenvalue weighted by atomic mass is 9.89. The van der Waals surface area contributed by atoms with Crippen LogP contribution in [0.1, 0.15) is 48.9 Å². The van der Waals surface area contributed by atoms with Crippen LogP contribution < -0.4 is 5.01 Å². The number of carbonyl (C=O) groups excluding carboxylic acids is 2. The van der Waals surface area contributed by atoms with Gasteiger partial charge in [-0.3, -0.25) is 9.59 Å². The number of benzene rings is 2. The van der Waals surface area contributed by atoms with E-state index >= 15 is 0 Å². The second-order valence-electron chi connectivity index (χ2n) is 8.34. The van der Waals surface area contributed by atoms with Crippen molar-refractivity contribution < 1.29 is 9.59 Å². The third kappa shape index (κ3) is 3.46. The number of Topliss-reactive ketones (excluding diaryl/α,β-unsaturated/α-hetero) is 1. The summed E-state index contributed by atoms with van der Waals surface area (Å²) in [6, 6.07) is 14.3. The van der Waals surface area contributed by atoms with E-state index in [0.29, 0.717) is 21.6 Å². The van der Waals surface area contributed by atoms with Gasteiger partial charge in [-0.2, -0.15) is 4.68 Å². The van der Waals surface area contributed by atoms with Crippen molar-refractivity contribution in [1.82, 2.24) is 14.9 Å². The molecule has 1 aliphatic heterocycles. The van der Waals surface area contributed by atoms with Crippen molar-refractivity contribution in [3.63, 3.8) is 0 Å². The number of hydrogen-bond acceptors (Lipinski definition) is 5. The van der Waals surface area contributed by atoms with Gasteiger partial charge < -0.3 is 0 Å². The summed E-state index contributed by atoms with van der Waals surface area (Å²) in [4.78, 5) is 26.2. The van der Waals surface area contributed by atoms with Crippen molar-refractivity contribution in [3.05, 3.63) is 69.6 Å². The molecule has 1 amide bonds. The Morgan fingerprint density at radius 1 is 0.906 bits per heavy atom. The molecule has 162 valence electrons. The Bertz CT molecular complexity index is 1270. The average molecular weight is 445 g/mol. The molecule has 1 aromatic heterocycles. The predicted molar refractivity (Wildman–Crippen MR) is 126 cm³/mol. The number of allylic oxidation sites excluding steroid dienone is 1. The molecule has 2 aliphatic rings. The molecule has 0 atom stereocenters. The number of fused-ring (bicyclic) bond motifs is 2. The van der Waals surface area contributed by atoms with Gasteiger partial charge in [-0.1, -0.05) is 42.0 Å². The Hall–Kier alpha value is -3.19. The highest BCUT2D eigenvalue weighted by atomic mass is 32.2. The first-order valence-corrected chi connectivity index (χ1v) is 11.6. The number of hydrogen-bond donors (Lipinski definition) is 0. The first-order chi connectivity index (χ1) is 15.4. The molecule has 0 spiro atoms. The maximum atomic E-state index is 13.0. The second kappa shape index (κ2) is 8.06. The molecular weight excluding hydrogens is 420 g/mol. The van der Waals surface area contributed by atoms with Gasteiger partial charge in [0, 0.05) is 18.1 Å². The van der Waals surface area contributed by atoms with E-state index in [9.17, 15) is 9.59 Å². The van der Waals surface area contributed by atoms with Gasteiger partial charge in [-0.05, 0) is 68.5 Å². The topological polar surface area (TPSA) is 68.1 Å². The standard InChI is InChI=1S/C25H24N4O2S/c1-15-8-10-19(11-9-15)24-26-27-25-29(24)28(17(3)31)22(23(32-25)16(2)30)21-13-12-18-6-4-5-7-20(18)14-21/h8-14H,4-7H2,1-3H3. The van der Waals surface area contributed by atoms with Crippen LogP contribution in [-0.2, 0) is 22.4 Å². The van der Waals surface area contributed by atoms with Gasteiger partial charge in [-0.15, -0.1) is 10.2 Å². The summed E-state index contributed by atoms with van der Waals surface area (Å²) in [6.07, 6.45) is 4.46. The molecule has 7 heteroatoms. The number of rotatable bonds is 3. The Kier molecular flexibility index (Phi) is 5.21. The third-order valence-corrected chi connectivity index (χ3v) is 7.10. The van der Waals surface area contributed by atoms with Crippen molar-refractivity contribution in [2.24, 2.45) is 0 Å². The van der Waals surface area contributed by atoms with E-state index in [-0.39, 0.29) is 11.7 Å². The number of ketones is 1. The van der Waals surface area contributed by atoms with E-state index in [2.05, 4.69) is 22.3 Å². The highest BCUT2D eigenvalue weighted by molar-refractivity contribution is 8.04. The molecule has 1 aliphatic carbocycles. The second-order valence-corrected chi connectivity index (χ2v) is 9.32. The lowest BCUT2D eigenvalue weighted by molar-refractivity contribution is -0.117. The van der Waals surface area contributed by atoms with Crippen LogP contribution in [0.5, 0.6) is 0 Å². The number of aryl methyl sites for hydroxylation is 3. The van der Waals surface area contributed by atoms with E-state index in [4.69, 9.17) is 0 Å². The van der Waals surface area contributed by atoms with Crippen LogP contribution in [0.4, 0.5) is 0 Å². The van der Waals surface area contributed by atoms with Crippen LogP contribution in [0.25, 0.3) is 17.1 Å². The average Bonchev–Trinajstić information content (AvgIpc) is 3.21. The lowest BCUT2D eigenvalue weighted by Crippen LogP contribution is -2.41. The fourth-order valence-corrected chi connectivity index (χ4v) is 5.36. The predicted octanol–water partition coefficient (Wildman–Crippen LogP) is 4.68. The summed E-state index contributed by atoms with van der Waals surface area (Å²) < 4.78 is 1.74. The van der Waals surface area contributed by atoms with Gasteiger partial charge in [0.2, 0.25) is 11.1 Å². The van der Waals surface area contributed by atoms with Crippen LogP contribution in [0.2, 0.25) is 0 Å². The third-order valence-electron chi connectivity index (χ3n) is 5.98. The maximum absolute atomic E-state index is 13.0. The van der Waals surface area contributed by atoms with Crippen molar-refractivity contribution in [3.8, 4) is 11.4 Å². The van der Waals surface area contributed by atoms with Crippen LogP contribution in [-0.4, -0.2) is 26.6 Å². The molecule has 0 unspecified atom stereocenters. The number of aromatic nitrogens is 3. The molecule has 5 rings (SSSR count). The zero-order valence-electron chi connectivity index (χ0n) is 18.4. The van der Waals surface area contributed by atoms with Crippen molar-refractivity contribution >= 4 is 29.1 Å². The summed E-state index contributed by atoms with van der Waals surface area (Å²) in [6.45, 7) is 5.07. The highest BCUT2D eigenvalue weighted by Gasteiger charge is 2.35. The summed E-state index contributed by atoms with van der Waals surface area (Å²) in [7, 11) is 0. The molecule has 0 saturated carbocycles. The van der Waals surface area contributed by atoms with Crippen LogP contribution in [0.3, 0.4) is 0 Å². The van der Waals surface area contributed by atoms with Gasteiger partial charge >= 0.3 is 0 Å². The number of nitrogens with zero attached hydrogens (tertiary/aromatic N) is 4. The summed E-state index contributed by atoms with van der Waals surface area (Å²) in [5, 5.41) is 10.8. The minimum Gasteiger partial charge on any atom is -0.294 e. The van der Waals surface area contributed by atoms with Crippen LogP contribution in [0, 0.1) is 6.92 Å². The fraction of sp³-hybridized carbons (Fsp3) is 0.280. The molecule has 2 aromatic carbocycles. The van der Waals surface area contributed by atoms with Crippen molar-refractivity contribution in [2.75, 3.05) is 5.01 Å². The highest BCUT2D eigenvalue weighted by Crippen LogP contribution is 2.42. The minimum absolute atomic E-state index is 0.0971. The number of amides is 1. The van der Waals surface area contributed by atoms with Crippen molar-refractivity contribution in [1.29, 1.82) is 0 Å². The van der Waals surface area contributed by atoms with E-state index in [0.717, 1.165) is 36.0 Å². The molecule has 6 nitrogen and oxygen atoms in total. The van der Waals surface area contributed by atoms with Gasteiger partial charge in [0.15, 0.2) is 11.6 Å². The molecular formula is C25H24N4O2S. The summed E-state index contributed by atoms with van der Waals surface area (Å²) >= 11 is 1.27. The normalized spacial score (nSPS) is 15.4. The Morgan fingerprint density at radius 2 is 1.59 bits per heavy atom. The summed E-state index contributed by atoms with van der Waals surface area (Å²) in [5.74, 6) is 0.270. The monoisotopic (exact) mass is 444 g/mol. The van der Waals surface area contributed by atoms with E-state index in [1.165, 1.54) is 43.2 Å². The van der Waals surface area contributed by atoms with Crippen LogP contribution >= 0.6 is 11.8 Å². The number of carbonyl (C=O) groups is 2. The van der Waals surface area contributed by atoms with Gasteiger partial charge in [0.05, 0.1) is 10.6 Å². The quantitative estimate of drug-likeness (QED) is 0.587. The fourth-order valence-electron chi connectivity index (χ4n) is 4.40. The molecule has 2 heterocycles. The van der Waals surface area contributed by atoms with Gasteiger partial charge in [0.25, 0.3) is 0 Å². The summed E-state index contributed by atoms with van der Waals surface area (Å²) in [5.41, 5.74) is 6.12. The number of thioether (sulfide) groups is 1. The van der Waals surface area contributed by atoms with E-state index in [1.54, 1.807) is 9.69 Å². The molecule has 0 N–H and O–H groups in total. The maximum Gasteiger partial charge on any atom is 0.243 e. The largest absolute Gasteiger partial charge is 0.294 e. The van der Waals surface area contributed by atoms with Crippen molar-refractivity contribution in [2.45, 2.75) is 51.6 Å². The zero-order chi connectivity index (χ0) is 22.4. The molecule has 0 saturated heterocycles. The zero-order valence-corrected chi connectivity index (χ0v) is 19.2. The van der Waals surface area contributed by atoms with Crippen LogP contribution in [0.15, 0.2) is 52.5 Å². The molecule has 0 radical (unpaired) electrons. The molecule has 0 fully saturated rings. The first-order valence-electron chi connectivity index (χ1n) is 10.8. The molecule has 0 bridgehead atoms. The molecule has 3 aromatic rings. The smallest absolute Gasteiger partial charge is 0.243 e. The van der Waals surface area contributed by atoms with Gasteiger partial charge in [0.1, 0.15) is 0 Å². The SMILES string of the molecule is CC(=O)C1=C(c2ccc3c(c2)CCCC3)N(C(C)=O)n2c(nnc2-c2ccc(C)cc2)S1.